The van der Waals surface area contributed by atoms with E-state index in [2.05, 4.69) is 0 Å². The SMILES string of the molecule is COc1cc([C@H](N)CCN)cc(C(F)(F)F)c1.Cl. The molecule has 0 amide bonds. The van der Waals surface area contributed by atoms with Crippen LogP contribution >= 0.6 is 12.4 Å². The molecule has 0 unspecified atom stereocenters. The maximum absolute atomic E-state index is 12.6. The Hall–Kier alpha value is -0.980. The smallest absolute Gasteiger partial charge is 0.416 e. The highest BCUT2D eigenvalue weighted by Gasteiger charge is 2.31. The first-order chi connectivity index (χ1) is 7.88. The van der Waals surface area contributed by atoms with Crippen molar-refractivity contribution in [2.24, 2.45) is 11.5 Å². The van der Waals surface area contributed by atoms with Crippen LogP contribution in [0.3, 0.4) is 0 Å². The van der Waals surface area contributed by atoms with Crippen LogP contribution in [0.4, 0.5) is 13.2 Å². The lowest BCUT2D eigenvalue weighted by Gasteiger charge is -2.15. The molecule has 1 aromatic rings. The van der Waals surface area contributed by atoms with Gasteiger partial charge in [-0.3, -0.25) is 0 Å². The van der Waals surface area contributed by atoms with E-state index in [0.29, 0.717) is 18.5 Å². The number of benzene rings is 1. The molecule has 1 rings (SSSR count). The van der Waals surface area contributed by atoms with E-state index in [9.17, 15) is 13.2 Å². The van der Waals surface area contributed by atoms with Gasteiger partial charge in [0.1, 0.15) is 5.75 Å². The zero-order valence-corrected chi connectivity index (χ0v) is 10.6. The predicted molar refractivity (Wildman–Crippen MR) is 65.8 cm³/mol. The summed E-state index contributed by atoms with van der Waals surface area (Å²) in [6, 6.07) is 2.95. The quantitative estimate of drug-likeness (QED) is 0.893. The number of rotatable bonds is 4. The summed E-state index contributed by atoms with van der Waals surface area (Å²) in [6.07, 6.45) is -3.99. The van der Waals surface area contributed by atoms with Crippen LogP contribution in [-0.4, -0.2) is 13.7 Å². The molecule has 0 radical (unpaired) electrons. The van der Waals surface area contributed by atoms with Crippen molar-refractivity contribution in [2.45, 2.75) is 18.6 Å². The van der Waals surface area contributed by atoms with E-state index < -0.39 is 17.8 Å². The minimum absolute atomic E-state index is 0. The van der Waals surface area contributed by atoms with Crippen LogP contribution in [0, 0.1) is 0 Å². The second-order valence-corrected chi connectivity index (χ2v) is 3.68. The average molecular weight is 285 g/mol. The highest BCUT2D eigenvalue weighted by atomic mass is 35.5. The summed E-state index contributed by atoms with van der Waals surface area (Å²) in [7, 11) is 1.31. The number of halogens is 4. The van der Waals surface area contributed by atoms with E-state index in [-0.39, 0.29) is 18.2 Å². The molecule has 0 saturated heterocycles. The normalized spacial score (nSPS) is 12.8. The third-order valence-electron chi connectivity index (χ3n) is 2.40. The van der Waals surface area contributed by atoms with Gasteiger partial charge >= 0.3 is 6.18 Å². The van der Waals surface area contributed by atoms with Gasteiger partial charge in [0, 0.05) is 6.04 Å². The van der Waals surface area contributed by atoms with Crippen molar-refractivity contribution in [1.82, 2.24) is 0 Å². The van der Waals surface area contributed by atoms with E-state index in [1.165, 1.54) is 13.2 Å². The largest absolute Gasteiger partial charge is 0.497 e. The van der Waals surface area contributed by atoms with Gasteiger partial charge in [0.2, 0.25) is 0 Å². The molecule has 0 aromatic heterocycles. The molecule has 0 aliphatic heterocycles. The molecule has 0 saturated carbocycles. The second-order valence-electron chi connectivity index (χ2n) is 3.68. The number of ether oxygens (including phenoxy) is 1. The monoisotopic (exact) mass is 284 g/mol. The summed E-state index contributed by atoms with van der Waals surface area (Å²) in [5.41, 5.74) is 10.7. The van der Waals surface area contributed by atoms with Crippen molar-refractivity contribution >= 4 is 12.4 Å². The van der Waals surface area contributed by atoms with Gasteiger partial charge in [-0.05, 0) is 36.7 Å². The minimum Gasteiger partial charge on any atom is -0.497 e. The second kappa shape index (κ2) is 6.82. The Labute approximate surface area is 110 Å². The molecular formula is C11H16ClF3N2O. The third kappa shape index (κ3) is 4.36. The topological polar surface area (TPSA) is 61.3 Å². The molecule has 1 atom stereocenters. The first-order valence-corrected chi connectivity index (χ1v) is 5.10. The number of alkyl halides is 3. The van der Waals surface area contributed by atoms with E-state index in [4.69, 9.17) is 16.2 Å². The Bertz CT molecular complexity index is 385. The standard InChI is InChI=1S/C11H15F3N2O.ClH/c1-17-9-5-7(10(16)2-3-15)4-8(6-9)11(12,13)14;/h4-6,10H,2-3,15-16H2,1H3;1H/t10-;/m1./s1. The molecule has 4 N–H and O–H groups in total. The van der Waals surface area contributed by atoms with Crippen LogP contribution in [0.5, 0.6) is 5.75 Å². The highest BCUT2D eigenvalue weighted by molar-refractivity contribution is 5.85. The lowest BCUT2D eigenvalue weighted by atomic mass is 10.0. The van der Waals surface area contributed by atoms with Crippen molar-refractivity contribution < 1.29 is 17.9 Å². The number of methoxy groups -OCH3 is 1. The summed E-state index contributed by atoms with van der Waals surface area (Å²) in [5, 5.41) is 0. The molecule has 3 nitrogen and oxygen atoms in total. The van der Waals surface area contributed by atoms with Crippen molar-refractivity contribution in [2.75, 3.05) is 13.7 Å². The maximum atomic E-state index is 12.6. The van der Waals surface area contributed by atoms with Crippen LogP contribution in [0.25, 0.3) is 0 Å². The number of nitrogens with two attached hydrogens (primary N) is 2. The first kappa shape index (κ1) is 17.0. The Morgan fingerprint density at radius 3 is 2.33 bits per heavy atom. The predicted octanol–water partition coefficient (Wildman–Crippen LogP) is 2.48. The summed E-state index contributed by atoms with van der Waals surface area (Å²) >= 11 is 0. The lowest BCUT2D eigenvalue weighted by molar-refractivity contribution is -0.137. The molecule has 7 heteroatoms. The van der Waals surface area contributed by atoms with Gasteiger partial charge in [-0.25, -0.2) is 0 Å². The van der Waals surface area contributed by atoms with E-state index in [0.717, 1.165) is 12.1 Å². The summed E-state index contributed by atoms with van der Waals surface area (Å²) < 4.78 is 42.7. The average Bonchev–Trinajstić information content (AvgIpc) is 2.27. The minimum atomic E-state index is -4.41. The Morgan fingerprint density at radius 2 is 1.89 bits per heavy atom. The van der Waals surface area contributed by atoms with Crippen molar-refractivity contribution in [3.05, 3.63) is 29.3 Å². The molecular weight excluding hydrogens is 269 g/mol. The van der Waals surface area contributed by atoms with Crippen molar-refractivity contribution in [3.8, 4) is 5.75 Å². The van der Waals surface area contributed by atoms with E-state index in [1.54, 1.807) is 0 Å². The Morgan fingerprint density at radius 1 is 1.28 bits per heavy atom. The van der Waals surface area contributed by atoms with Gasteiger partial charge in [-0.1, -0.05) is 0 Å². The molecule has 0 aliphatic rings. The number of hydrogen-bond acceptors (Lipinski definition) is 3. The van der Waals surface area contributed by atoms with Gasteiger partial charge in [0.05, 0.1) is 12.7 Å². The fourth-order valence-corrected chi connectivity index (χ4v) is 1.46. The summed E-state index contributed by atoms with van der Waals surface area (Å²) in [6.45, 7) is 0.319. The van der Waals surface area contributed by atoms with Gasteiger partial charge < -0.3 is 16.2 Å². The molecule has 18 heavy (non-hydrogen) atoms. The Kier molecular flexibility index (Phi) is 6.45. The van der Waals surface area contributed by atoms with Crippen molar-refractivity contribution in [3.63, 3.8) is 0 Å². The Balaban J connectivity index is 0.00000289. The first-order valence-electron chi connectivity index (χ1n) is 5.10. The molecule has 0 spiro atoms. The fourth-order valence-electron chi connectivity index (χ4n) is 1.46. The molecule has 0 aliphatic carbocycles. The molecule has 0 bridgehead atoms. The zero-order valence-electron chi connectivity index (χ0n) is 9.83. The molecule has 104 valence electrons. The molecule has 0 fully saturated rings. The van der Waals surface area contributed by atoms with Crippen molar-refractivity contribution in [1.29, 1.82) is 0 Å². The van der Waals surface area contributed by atoms with Crippen LogP contribution in [0.2, 0.25) is 0 Å². The van der Waals surface area contributed by atoms with E-state index in [1.807, 2.05) is 0 Å². The molecule has 0 heterocycles. The lowest BCUT2D eigenvalue weighted by Crippen LogP contribution is -2.16. The van der Waals surface area contributed by atoms with Gasteiger partial charge in [-0.2, -0.15) is 13.2 Å². The third-order valence-corrected chi connectivity index (χ3v) is 2.40. The van der Waals surface area contributed by atoms with Crippen LogP contribution in [-0.2, 0) is 6.18 Å². The van der Waals surface area contributed by atoms with Crippen LogP contribution in [0.1, 0.15) is 23.6 Å². The fraction of sp³-hybridized carbons (Fsp3) is 0.455. The van der Waals surface area contributed by atoms with E-state index >= 15 is 0 Å². The van der Waals surface area contributed by atoms with Crippen LogP contribution < -0.4 is 16.2 Å². The zero-order chi connectivity index (χ0) is 13.1. The molecule has 1 aromatic carbocycles. The summed E-state index contributed by atoms with van der Waals surface area (Å²) in [5.74, 6) is 0.141. The van der Waals surface area contributed by atoms with Crippen LogP contribution in [0.15, 0.2) is 18.2 Å². The highest BCUT2D eigenvalue weighted by Crippen LogP contribution is 2.34. The summed E-state index contributed by atoms with van der Waals surface area (Å²) in [4.78, 5) is 0. The van der Waals surface area contributed by atoms with Gasteiger partial charge in [0.25, 0.3) is 0 Å². The van der Waals surface area contributed by atoms with Gasteiger partial charge in [0.15, 0.2) is 0 Å². The van der Waals surface area contributed by atoms with Gasteiger partial charge in [-0.15, -0.1) is 12.4 Å². The maximum Gasteiger partial charge on any atom is 0.416 e. The number of hydrogen-bond donors (Lipinski definition) is 2.